The smallest absolute Gasteiger partial charge is 0.407 e. The topological polar surface area (TPSA) is 96.9 Å². The summed E-state index contributed by atoms with van der Waals surface area (Å²) in [5.41, 5.74) is 7.11. The van der Waals surface area contributed by atoms with E-state index in [0.717, 1.165) is 18.4 Å². The summed E-state index contributed by atoms with van der Waals surface area (Å²) in [6, 6.07) is 7.96. The maximum Gasteiger partial charge on any atom is 0.407 e. The fourth-order valence-electron chi connectivity index (χ4n) is 1.84. The minimum absolute atomic E-state index is 0.248. The summed E-state index contributed by atoms with van der Waals surface area (Å²) in [6.45, 7) is 5.92. The van der Waals surface area contributed by atoms with E-state index in [9.17, 15) is 4.79 Å². The van der Waals surface area contributed by atoms with Gasteiger partial charge in [-0.3, -0.25) is 0 Å². The highest BCUT2D eigenvalue weighted by Gasteiger charge is 2.15. The van der Waals surface area contributed by atoms with Crippen molar-refractivity contribution >= 4 is 11.9 Å². The van der Waals surface area contributed by atoms with Gasteiger partial charge in [-0.15, -0.1) is 0 Å². The fourth-order valence-corrected chi connectivity index (χ4v) is 1.84. The fraction of sp³-hybridized carbons (Fsp3) is 0.500. The predicted octanol–water partition coefficient (Wildman–Crippen LogP) is 2.78. The van der Waals surface area contributed by atoms with Crippen molar-refractivity contribution in [2.45, 2.75) is 52.2 Å². The summed E-state index contributed by atoms with van der Waals surface area (Å²) in [7, 11) is 0. The molecule has 0 unspecified atom stereocenters. The molecular weight excluding hydrogens is 282 g/mol. The molecule has 0 aromatic heterocycles. The number of nitrogens with zero attached hydrogens (tertiary/aromatic N) is 1. The summed E-state index contributed by atoms with van der Waals surface area (Å²) < 4.78 is 5.18. The van der Waals surface area contributed by atoms with Gasteiger partial charge in [-0.1, -0.05) is 29.4 Å². The van der Waals surface area contributed by atoms with E-state index in [4.69, 9.17) is 15.7 Å². The molecule has 0 aliphatic heterocycles. The Morgan fingerprint density at radius 2 is 1.86 bits per heavy atom. The molecule has 1 amide bonds. The summed E-state index contributed by atoms with van der Waals surface area (Å²) in [5, 5.41) is 14.1. The molecule has 0 bridgehead atoms. The molecule has 0 heterocycles. The molecule has 0 aliphatic rings. The van der Waals surface area contributed by atoms with Crippen molar-refractivity contribution in [3.8, 4) is 0 Å². The number of rotatable bonds is 6. The van der Waals surface area contributed by atoms with Crippen LogP contribution in [0.15, 0.2) is 29.4 Å². The Kier molecular flexibility index (Phi) is 6.69. The van der Waals surface area contributed by atoms with Crippen molar-refractivity contribution in [1.82, 2.24) is 5.32 Å². The van der Waals surface area contributed by atoms with Crippen LogP contribution in [0.5, 0.6) is 0 Å². The number of alkyl carbamates (subject to hydrolysis) is 1. The number of amidine groups is 1. The molecule has 1 aromatic carbocycles. The van der Waals surface area contributed by atoms with Crippen LogP contribution in [0.2, 0.25) is 0 Å². The van der Waals surface area contributed by atoms with Crippen LogP contribution in [0, 0.1) is 0 Å². The van der Waals surface area contributed by atoms with Gasteiger partial charge in [0.15, 0.2) is 0 Å². The van der Waals surface area contributed by atoms with Crippen molar-refractivity contribution in [2.24, 2.45) is 10.9 Å². The zero-order chi connectivity index (χ0) is 16.6. The Morgan fingerprint density at radius 3 is 2.41 bits per heavy atom. The van der Waals surface area contributed by atoms with Crippen LogP contribution in [-0.4, -0.2) is 22.7 Å². The van der Waals surface area contributed by atoms with E-state index in [0.29, 0.717) is 13.0 Å². The average Bonchev–Trinajstić information content (AvgIpc) is 2.44. The summed E-state index contributed by atoms with van der Waals surface area (Å²) in [4.78, 5) is 11.6. The summed E-state index contributed by atoms with van der Waals surface area (Å²) in [5.74, 6) is 0.248. The Morgan fingerprint density at radius 1 is 1.27 bits per heavy atom. The van der Waals surface area contributed by atoms with Gasteiger partial charge in [0.1, 0.15) is 11.4 Å². The zero-order valence-corrected chi connectivity index (χ0v) is 13.4. The number of carbonyl (C=O) groups excluding carboxylic acids is 1. The van der Waals surface area contributed by atoms with Crippen LogP contribution in [0.4, 0.5) is 4.79 Å². The molecule has 0 atom stereocenters. The van der Waals surface area contributed by atoms with E-state index >= 15 is 0 Å². The Hall–Kier alpha value is -2.24. The third-order valence-electron chi connectivity index (χ3n) is 2.89. The predicted molar refractivity (Wildman–Crippen MR) is 85.9 cm³/mol. The van der Waals surface area contributed by atoms with Gasteiger partial charge in [0, 0.05) is 13.0 Å². The number of ether oxygens (including phenoxy) is 1. The first-order valence-electron chi connectivity index (χ1n) is 7.31. The van der Waals surface area contributed by atoms with E-state index in [1.54, 1.807) is 0 Å². The van der Waals surface area contributed by atoms with Crippen LogP contribution in [0.1, 0.15) is 44.7 Å². The molecule has 6 nitrogen and oxygen atoms in total. The molecule has 22 heavy (non-hydrogen) atoms. The van der Waals surface area contributed by atoms with Crippen LogP contribution >= 0.6 is 0 Å². The monoisotopic (exact) mass is 307 g/mol. The number of nitrogens with two attached hydrogens (primary N) is 1. The van der Waals surface area contributed by atoms with Gasteiger partial charge in [0.25, 0.3) is 0 Å². The van der Waals surface area contributed by atoms with Crippen molar-refractivity contribution in [3.05, 3.63) is 35.4 Å². The van der Waals surface area contributed by atoms with Crippen molar-refractivity contribution in [3.63, 3.8) is 0 Å². The second-order valence-corrected chi connectivity index (χ2v) is 6.12. The third-order valence-corrected chi connectivity index (χ3v) is 2.89. The molecular formula is C16H25N3O3. The lowest BCUT2D eigenvalue weighted by Gasteiger charge is -2.19. The lowest BCUT2D eigenvalue weighted by molar-refractivity contribution is 0.0523. The minimum Gasteiger partial charge on any atom is -0.444 e. The molecule has 1 aromatic rings. The lowest BCUT2D eigenvalue weighted by Crippen LogP contribution is -2.32. The average molecular weight is 307 g/mol. The van der Waals surface area contributed by atoms with Crippen LogP contribution in [0.25, 0.3) is 0 Å². The first kappa shape index (κ1) is 17.8. The van der Waals surface area contributed by atoms with Gasteiger partial charge in [0.2, 0.25) is 0 Å². The van der Waals surface area contributed by atoms with Crippen molar-refractivity contribution in [1.29, 1.82) is 0 Å². The number of hydrogen-bond donors (Lipinski definition) is 3. The number of carbonyl (C=O) groups is 1. The number of oxime groups is 1. The first-order chi connectivity index (χ1) is 10.3. The standard InChI is InChI=1S/C16H25N3O3/c1-16(2,3)22-15(20)18-11-13-9-7-12(8-10-13)5-4-6-14(17)19-21/h7-10,21H,4-6,11H2,1-3H3,(H2,17,19)(H,18,20). The van der Waals surface area contributed by atoms with Gasteiger partial charge in [-0.25, -0.2) is 4.79 Å². The molecule has 0 fully saturated rings. The molecule has 122 valence electrons. The highest BCUT2D eigenvalue weighted by atomic mass is 16.6. The Bertz CT molecular complexity index is 504. The zero-order valence-electron chi connectivity index (χ0n) is 13.4. The van der Waals surface area contributed by atoms with Crippen LogP contribution < -0.4 is 11.1 Å². The maximum atomic E-state index is 11.6. The number of nitrogens with one attached hydrogen (secondary N) is 1. The quantitative estimate of drug-likeness (QED) is 0.326. The van der Waals surface area contributed by atoms with E-state index in [1.165, 1.54) is 5.56 Å². The number of benzene rings is 1. The molecule has 0 saturated heterocycles. The van der Waals surface area contributed by atoms with Crippen LogP contribution in [0.3, 0.4) is 0 Å². The largest absolute Gasteiger partial charge is 0.444 e. The van der Waals surface area contributed by atoms with Crippen molar-refractivity contribution < 1.29 is 14.7 Å². The highest BCUT2D eigenvalue weighted by Crippen LogP contribution is 2.09. The summed E-state index contributed by atoms with van der Waals surface area (Å²) >= 11 is 0. The Labute approximate surface area is 131 Å². The molecule has 0 aliphatic carbocycles. The molecule has 1 rings (SSSR count). The number of aryl methyl sites for hydroxylation is 1. The van der Waals surface area contributed by atoms with Crippen LogP contribution in [-0.2, 0) is 17.7 Å². The minimum atomic E-state index is -0.492. The van der Waals surface area contributed by atoms with Crippen molar-refractivity contribution in [2.75, 3.05) is 0 Å². The third kappa shape index (κ3) is 7.52. The van der Waals surface area contributed by atoms with E-state index < -0.39 is 11.7 Å². The highest BCUT2D eigenvalue weighted by molar-refractivity contribution is 5.79. The molecule has 0 spiro atoms. The number of amides is 1. The van der Waals surface area contributed by atoms with Gasteiger partial charge < -0.3 is 21.0 Å². The first-order valence-corrected chi connectivity index (χ1v) is 7.31. The van der Waals surface area contributed by atoms with Gasteiger partial charge in [-0.2, -0.15) is 0 Å². The molecule has 4 N–H and O–H groups in total. The molecule has 6 heteroatoms. The van der Waals surface area contributed by atoms with E-state index in [2.05, 4.69) is 10.5 Å². The molecule has 0 saturated carbocycles. The second kappa shape index (κ2) is 8.26. The van der Waals surface area contributed by atoms with Gasteiger partial charge >= 0.3 is 6.09 Å². The van der Waals surface area contributed by atoms with Gasteiger partial charge in [0.05, 0.1) is 0 Å². The SMILES string of the molecule is CC(C)(C)OC(=O)NCc1ccc(CCCC(N)=NO)cc1. The number of hydrogen-bond acceptors (Lipinski definition) is 4. The van der Waals surface area contributed by atoms with Gasteiger partial charge in [-0.05, 0) is 44.7 Å². The summed E-state index contributed by atoms with van der Waals surface area (Å²) in [6.07, 6.45) is 1.83. The van der Waals surface area contributed by atoms with E-state index in [1.807, 2.05) is 45.0 Å². The lowest BCUT2D eigenvalue weighted by atomic mass is 10.1. The maximum absolute atomic E-state index is 11.6. The second-order valence-electron chi connectivity index (χ2n) is 6.12. The van der Waals surface area contributed by atoms with E-state index in [-0.39, 0.29) is 5.84 Å². The molecule has 0 radical (unpaired) electrons. The Balaban J connectivity index is 2.37. The normalized spacial score (nSPS) is 12.0.